The topological polar surface area (TPSA) is 32.6 Å². The third-order valence-electron chi connectivity index (χ3n) is 3.17. The van der Waals surface area contributed by atoms with Crippen molar-refractivity contribution in [3.8, 4) is 5.95 Å². The summed E-state index contributed by atoms with van der Waals surface area (Å²) in [6.07, 6.45) is 0. The number of hydrogen-bond acceptors (Lipinski definition) is 1. The van der Waals surface area contributed by atoms with Crippen LogP contribution in [-0.2, 0) is 0 Å². The highest BCUT2D eigenvalue weighted by molar-refractivity contribution is 5.75. The third-order valence-corrected chi connectivity index (χ3v) is 3.17. The Hall–Kier alpha value is -2.16. The Morgan fingerprint density at radius 2 is 1.67 bits per heavy atom. The Morgan fingerprint density at radius 3 is 2.33 bits per heavy atom. The summed E-state index contributed by atoms with van der Waals surface area (Å²) in [5.74, 6) is 0.881. The number of rotatable bonds is 1. The zero-order valence-electron chi connectivity index (χ0n) is 10.9. The van der Waals surface area contributed by atoms with Gasteiger partial charge in [-0.25, -0.2) is 9.55 Å². The highest BCUT2D eigenvalue weighted by atomic mass is 15.2. The molecule has 0 spiro atoms. The first-order valence-corrected chi connectivity index (χ1v) is 6.10. The first-order valence-electron chi connectivity index (χ1n) is 6.10. The van der Waals surface area contributed by atoms with Gasteiger partial charge in [-0.05, 0) is 50.6 Å². The Kier molecular flexibility index (Phi) is 2.40. The van der Waals surface area contributed by atoms with Gasteiger partial charge in [0.1, 0.15) is 5.52 Å². The molecule has 3 nitrogen and oxygen atoms in total. The molecule has 3 rings (SSSR count). The second kappa shape index (κ2) is 3.95. The Labute approximate surface area is 106 Å². The molecule has 0 amide bonds. The number of benzene rings is 1. The lowest BCUT2D eigenvalue weighted by Gasteiger charge is -2.05. The Bertz CT molecular complexity index is 669. The molecule has 1 N–H and O–H groups in total. The monoisotopic (exact) mass is 238 g/mol. The summed E-state index contributed by atoms with van der Waals surface area (Å²) in [4.78, 5) is 8.01. The molecule has 1 aromatic carbocycles. The number of aromatic nitrogens is 3. The molecule has 2 aromatic heterocycles. The summed E-state index contributed by atoms with van der Waals surface area (Å²) < 4.78 is 2.15. The van der Waals surface area contributed by atoms with Crippen molar-refractivity contribution in [2.24, 2.45) is 0 Å². The van der Waals surface area contributed by atoms with Crippen LogP contribution in [0.3, 0.4) is 0 Å². The maximum Gasteiger partial charge on any atom is 0.402 e. The van der Waals surface area contributed by atoms with E-state index in [0.29, 0.717) is 0 Å². The van der Waals surface area contributed by atoms with Crippen molar-refractivity contribution in [2.45, 2.75) is 20.8 Å². The second-order valence-electron chi connectivity index (χ2n) is 4.73. The van der Waals surface area contributed by atoms with E-state index in [4.69, 9.17) is 0 Å². The number of aromatic amines is 1. The van der Waals surface area contributed by atoms with Crippen LogP contribution < -0.4 is 4.57 Å². The van der Waals surface area contributed by atoms with E-state index >= 15 is 0 Å². The fourth-order valence-electron chi connectivity index (χ4n) is 2.49. The number of H-pyrrole nitrogens is 1. The second-order valence-corrected chi connectivity index (χ2v) is 4.73. The average molecular weight is 238 g/mol. The molecular weight excluding hydrogens is 222 g/mol. The number of pyridine rings is 1. The molecule has 2 heterocycles. The first-order chi connectivity index (χ1) is 8.65. The molecule has 90 valence electrons. The molecule has 0 unspecified atom stereocenters. The predicted octanol–water partition coefficient (Wildman–Crippen LogP) is 2.76. The van der Waals surface area contributed by atoms with E-state index in [-0.39, 0.29) is 0 Å². The van der Waals surface area contributed by atoms with Gasteiger partial charge in [0.2, 0.25) is 0 Å². The van der Waals surface area contributed by atoms with E-state index < -0.39 is 0 Å². The number of hydrogen-bond donors (Lipinski definition) is 1. The van der Waals surface area contributed by atoms with Crippen LogP contribution in [-0.4, -0.2) is 9.97 Å². The molecule has 0 bridgehead atoms. The molecular formula is C15H16N3+. The SMILES string of the molecule is Cc1cc(C)[n+](-c2nc3ccccc3[nH]2)c(C)c1. The maximum atomic E-state index is 4.64. The van der Waals surface area contributed by atoms with Crippen molar-refractivity contribution in [1.82, 2.24) is 9.97 Å². The summed E-state index contributed by atoms with van der Waals surface area (Å²) in [6, 6.07) is 12.4. The zero-order valence-corrected chi connectivity index (χ0v) is 10.9. The lowest BCUT2D eigenvalue weighted by Crippen LogP contribution is -2.39. The van der Waals surface area contributed by atoms with E-state index in [1.807, 2.05) is 24.3 Å². The summed E-state index contributed by atoms with van der Waals surface area (Å²) >= 11 is 0. The van der Waals surface area contributed by atoms with Crippen molar-refractivity contribution in [1.29, 1.82) is 0 Å². The van der Waals surface area contributed by atoms with Crippen LogP contribution in [0.15, 0.2) is 36.4 Å². The van der Waals surface area contributed by atoms with Gasteiger partial charge < -0.3 is 0 Å². The molecule has 0 aliphatic heterocycles. The minimum atomic E-state index is 0.881. The van der Waals surface area contributed by atoms with Crippen LogP contribution in [0.4, 0.5) is 0 Å². The summed E-state index contributed by atoms with van der Waals surface area (Å²) in [5, 5.41) is 0. The highest BCUT2D eigenvalue weighted by Crippen LogP contribution is 2.12. The van der Waals surface area contributed by atoms with E-state index in [1.165, 1.54) is 17.0 Å². The van der Waals surface area contributed by atoms with Gasteiger partial charge in [-0.1, -0.05) is 17.1 Å². The molecule has 0 saturated heterocycles. The largest absolute Gasteiger partial charge is 0.402 e. The summed E-state index contributed by atoms with van der Waals surface area (Å²) in [6.45, 7) is 6.32. The fourth-order valence-corrected chi connectivity index (χ4v) is 2.49. The molecule has 0 fully saturated rings. The van der Waals surface area contributed by atoms with Crippen molar-refractivity contribution in [3.05, 3.63) is 53.3 Å². The summed E-state index contributed by atoms with van der Waals surface area (Å²) in [7, 11) is 0. The van der Waals surface area contributed by atoms with Gasteiger partial charge in [-0.3, -0.25) is 0 Å². The van der Waals surface area contributed by atoms with Crippen LogP contribution in [0.5, 0.6) is 0 Å². The molecule has 3 aromatic rings. The van der Waals surface area contributed by atoms with Gasteiger partial charge in [0, 0.05) is 0 Å². The van der Waals surface area contributed by atoms with Crippen LogP contribution in [0, 0.1) is 20.8 Å². The molecule has 0 aliphatic carbocycles. The molecule has 18 heavy (non-hydrogen) atoms. The van der Waals surface area contributed by atoms with Crippen molar-refractivity contribution in [2.75, 3.05) is 0 Å². The molecule has 3 heteroatoms. The van der Waals surface area contributed by atoms with Crippen LogP contribution in [0.2, 0.25) is 0 Å². The van der Waals surface area contributed by atoms with Gasteiger partial charge in [0.25, 0.3) is 0 Å². The maximum absolute atomic E-state index is 4.64. The molecule has 0 atom stereocenters. The van der Waals surface area contributed by atoms with E-state index in [0.717, 1.165) is 17.0 Å². The van der Waals surface area contributed by atoms with Crippen molar-refractivity contribution >= 4 is 11.0 Å². The third kappa shape index (κ3) is 1.68. The van der Waals surface area contributed by atoms with Gasteiger partial charge in [-0.2, -0.15) is 0 Å². The minimum Gasteiger partial charge on any atom is -0.238 e. The Morgan fingerprint density at radius 1 is 1.00 bits per heavy atom. The number of aryl methyl sites for hydroxylation is 3. The van der Waals surface area contributed by atoms with Gasteiger partial charge in [0.15, 0.2) is 5.52 Å². The lowest BCUT2D eigenvalue weighted by atomic mass is 10.2. The van der Waals surface area contributed by atoms with E-state index in [9.17, 15) is 0 Å². The lowest BCUT2D eigenvalue weighted by molar-refractivity contribution is -0.616. The zero-order chi connectivity index (χ0) is 12.7. The predicted molar refractivity (Wildman–Crippen MR) is 71.8 cm³/mol. The Balaban J connectivity index is 2.26. The number of nitrogens with zero attached hydrogens (tertiary/aromatic N) is 2. The van der Waals surface area contributed by atoms with Gasteiger partial charge >= 0.3 is 5.95 Å². The first kappa shape index (κ1) is 11.0. The van der Waals surface area contributed by atoms with Crippen LogP contribution >= 0.6 is 0 Å². The van der Waals surface area contributed by atoms with E-state index in [1.54, 1.807) is 0 Å². The fraction of sp³-hybridized carbons (Fsp3) is 0.200. The van der Waals surface area contributed by atoms with Gasteiger partial charge in [-0.15, -0.1) is 0 Å². The van der Waals surface area contributed by atoms with Crippen molar-refractivity contribution in [3.63, 3.8) is 0 Å². The minimum absolute atomic E-state index is 0.881. The quantitative estimate of drug-likeness (QED) is 0.650. The molecule has 0 saturated carbocycles. The standard InChI is InChI=1S/C15H16N3/c1-10-8-11(2)18(12(3)9-10)15-16-13-6-4-5-7-14(13)17-15/h4-9H,1-3H3,(H,16,17)/q+1. The smallest absolute Gasteiger partial charge is 0.238 e. The number of imidazole rings is 1. The van der Waals surface area contributed by atoms with Crippen LogP contribution in [0.1, 0.15) is 17.0 Å². The highest BCUT2D eigenvalue weighted by Gasteiger charge is 2.17. The molecule has 0 aliphatic rings. The number of para-hydroxylation sites is 2. The normalized spacial score (nSPS) is 11.1. The average Bonchev–Trinajstić information content (AvgIpc) is 2.70. The summed E-state index contributed by atoms with van der Waals surface area (Å²) in [5.41, 5.74) is 5.72. The van der Waals surface area contributed by atoms with Crippen LogP contribution in [0.25, 0.3) is 17.0 Å². The number of fused-ring (bicyclic) bond motifs is 1. The number of nitrogens with one attached hydrogen (secondary N) is 1. The van der Waals surface area contributed by atoms with Gasteiger partial charge in [0.05, 0.1) is 11.4 Å². The van der Waals surface area contributed by atoms with Crippen molar-refractivity contribution < 1.29 is 4.57 Å². The molecule has 0 radical (unpaired) electrons. The van der Waals surface area contributed by atoms with E-state index in [2.05, 4.69) is 47.4 Å².